The maximum absolute atomic E-state index is 5.76. The third kappa shape index (κ3) is 2.34. The highest BCUT2D eigenvalue weighted by atomic mass is 16.5. The third-order valence-corrected chi connectivity index (χ3v) is 2.99. The first kappa shape index (κ1) is 11.8. The van der Waals surface area contributed by atoms with E-state index in [4.69, 9.17) is 10.5 Å². The Hall–Kier alpha value is -2.22. The monoisotopic (exact) mass is 261 g/mol. The molecule has 1 aliphatic heterocycles. The summed E-state index contributed by atoms with van der Waals surface area (Å²) in [5.41, 5.74) is 5.76. The fourth-order valence-electron chi connectivity index (χ4n) is 2.01. The Balaban J connectivity index is 1.97. The number of hydrogen-bond donors (Lipinski definition) is 1. The molecule has 0 saturated carbocycles. The van der Waals surface area contributed by atoms with Gasteiger partial charge in [0.05, 0.1) is 19.3 Å². The molecule has 100 valence electrons. The Morgan fingerprint density at radius 3 is 2.89 bits per heavy atom. The molecule has 0 aromatic carbocycles. The molecule has 2 N–H and O–H groups in total. The van der Waals surface area contributed by atoms with Crippen molar-refractivity contribution in [1.82, 2.24) is 24.5 Å². The van der Waals surface area contributed by atoms with Gasteiger partial charge in [-0.2, -0.15) is 15.0 Å². The molecular formula is C11H15N7O. The fourth-order valence-corrected chi connectivity index (χ4v) is 2.01. The van der Waals surface area contributed by atoms with Gasteiger partial charge in [-0.15, -0.1) is 0 Å². The lowest BCUT2D eigenvalue weighted by molar-refractivity contribution is 0.0981. The van der Waals surface area contributed by atoms with Crippen LogP contribution in [0.25, 0.3) is 5.95 Å². The van der Waals surface area contributed by atoms with Crippen LogP contribution in [0.3, 0.4) is 0 Å². The zero-order valence-corrected chi connectivity index (χ0v) is 10.6. The van der Waals surface area contributed by atoms with Crippen LogP contribution in [0.2, 0.25) is 0 Å². The third-order valence-electron chi connectivity index (χ3n) is 2.99. The van der Waals surface area contributed by atoms with Gasteiger partial charge < -0.3 is 15.4 Å². The molecule has 3 heterocycles. The molecule has 0 spiro atoms. The molecule has 0 aliphatic carbocycles. The predicted molar refractivity (Wildman–Crippen MR) is 69.0 cm³/mol. The predicted octanol–water partition coefficient (Wildman–Crippen LogP) is -0.135. The van der Waals surface area contributed by atoms with Crippen molar-refractivity contribution in [3.63, 3.8) is 0 Å². The van der Waals surface area contributed by atoms with Gasteiger partial charge in [0, 0.05) is 18.9 Å². The van der Waals surface area contributed by atoms with Crippen molar-refractivity contribution < 1.29 is 4.74 Å². The van der Waals surface area contributed by atoms with Gasteiger partial charge in [0.2, 0.25) is 17.8 Å². The largest absolute Gasteiger partial charge is 0.377 e. The first-order chi connectivity index (χ1) is 9.24. The van der Waals surface area contributed by atoms with Crippen LogP contribution >= 0.6 is 0 Å². The van der Waals surface area contributed by atoms with Gasteiger partial charge in [-0.1, -0.05) is 0 Å². The first-order valence-electron chi connectivity index (χ1n) is 6.08. The van der Waals surface area contributed by atoms with Crippen LogP contribution < -0.4 is 10.6 Å². The summed E-state index contributed by atoms with van der Waals surface area (Å²) in [4.78, 5) is 18.8. The number of morpholine rings is 1. The first-order valence-corrected chi connectivity index (χ1v) is 6.08. The molecule has 19 heavy (non-hydrogen) atoms. The Labute approximate surface area is 110 Å². The van der Waals surface area contributed by atoms with Crippen LogP contribution in [0, 0.1) is 0 Å². The van der Waals surface area contributed by atoms with Crippen LogP contribution in [-0.2, 0) is 4.74 Å². The number of imidazole rings is 1. The summed E-state index contributed by atoms with van der Waals surface area (Å²) in [5, 5.41) is 0. The quantitative estimate of drug-likeness (QED) is 0.804. The molecule has 1 aliphatic rings. The van der Waals surface area contributed by atoms with E-state index in [1.165, 1.54) is 0 Å². The summed E-state index contributed by atoms with van der Waals surface area (Å²) in [5.74, 6) is 1.25. The number of nitrogens with zero attached hydrogens (tertiary/aromatic N) is 6. The highest BCUT2D eigenvalue weighted by molar-refractivity contribution is 5.39. The van der Waals surface area contributed by atoms with E-state index in [0.717, 1.165) is 6.54 Å². The number of hydrogen-bond acceptors (Lipinski definition) is 7. The van der Waals surface area contributed by atoms with E-state index in [2.05, 4.69) is 31.8 Å². The van der Waals surface area contributed by atoms with Gasteiger partial charge >= 0.3 is 0 Å². The maximum Gasteiger partial charge on any atom is 0.241 e. The van der Waals surface area contributed by atoms with E-state index >= 15 is 0 Å². The van der Waals surface area contributed by atoms with Gasteiger partial charge in [0.25, 0.3) is 0 Å². The molecule has 1 unspecified atom stereocenters. The molecule has 8 nitrogen and oxygen atoms in total. The van der Waals surface area contributed by atoms with Crippen molar-refractivity contribution in [3.8, 4) is 5.95 Å². The van der Waals surface area contributed by atoms with Crippen LogP contribution in [0.5, 0.6) is 0 Å². The Morgan fingerprint density at radius 2 is 2.16 bits per heavy atom. The highest BCUT2D eigenvalue weighted by Gasteiger charge is 2.22. The lowest BCUT2D eigenvalue weighted by Crippen LogP contribution is -2.44. The van der Waals surface area contributed by atoms with Gasteiger partial charge in [-0.05, 0) is 6.92 Å². The zero-order valence-electron chi connectivity index (χ0n) is 10.6. The van der Waals surface area contributed by atoms with Crippen molar-refractivity contribution in [2.45, 2.75) is 13.0 Å². The zero-order chi connectivity index (χ0) is 13.2. The summed E-state index contributed by atoms with van der Waals surface area (Å²) < 4.78 is 7.11. The molecule has 1 atom stereocenters. The average Bonchev–Trinajstić information content (AvgIpc) is 2.92. The summed E-state index contributed by atoms with van der Waals surface area (Å²) in [6.07, 6.45) is 5.06. The molecule has 0 amide bonds. The van der Waals surface area contributed by atoms with Crippen LogP contribution in [0.4, 0.5) is 11.9 Å². The number of nitrogens with two attached hydrogens (primary N) is 1. The van der Waals surface area contributed by atoms with Crippen LogP contribution in [-0.4, -0.2) is 50.3 Å². The maximum atomic E-state index is 5.76. The molecule has 1 saturated heterocycles. The van der Waals surface area contributed by atoms with Gasteiger partial charge in [0.1, 0.15) is 6.33 Å². The number of ether oxygens (including phenoxy) is 1. The van der Waals surface area contributed by atoms with E-state index in [-0.39, 0.29) is 12.0 Å². The molecule has 2 aromatic heterocycles. The highest BCUT2D eigenvalue weighted by Crippen LogP contribution is 2.16. The van der Waals surface area contributed by atoms with Crippen molar-refractivity contribution >= 4 is 11.9 Å². The lowest BCUT2D eigenvalue weighted by atomic mass is 10.3. The molecule has 3 rings (SSSR count). The van der Waals surface area contributed by atoms with Crippen LogP contribution in [0.15, 0.2) is 18.7 Å². The van der Waals surface area contributed by atoms with Crippen molar-refractivity contribution in [2.75, 3.05) is 30.4 Å². The van der Waals surface area contributed by atoms with Gasteiger partial charge in [-0.3, -0.25) is 4.57 Å². The molecular weight excluding hydrogens is 246 g/mol. The number of nitrogen functional groups attached to an aromatic ring is 1. The number of anilines is 2. The fraction of sp³-hybridized carbons (Fsp3) is 0.455. The standard InChI is InChI=1S/C11H15N7O/c1-8-6-19-5-4-18(8)11-15-9(12)14-10(16-11)17-3-2-13-7-17/h2-3,7-8H,4-6H2,1H3,(H2,12,14,15,16). The summed E-state index contributed by atoms with van der Waals surface area (Å²) in [6, 6.07) is 0.214. The van der Waals surface area contributed by atoms with E-state index in [1.807, 2.05) is 0 Å². The molecule has 0 radical (unpaired) electrons. The second-order valence-corrected chi connectivity index (χ2v) is 4.38. The number of rotatable bonds is 2. The second-order valence-electron chi connectivity index (χ2n) is 4.38. The van der Waals surface area contributed by atoms with E-state index in [0.29, 0.717) is 25.1 Å². The molecule has 8 heteroatoms. The normalized spacial score (nSPS) is 19.6. The second kappa shape index (κ2) is 4.81. The van der Waals surface area contributed by atoms with E-state index in [9.17, 15) is 0 Å². The van der Waals surface area contributed by atoms with E-state index < -0.39 is 0 Å². The SMILES string of the molecule is CC1COCCN1c1nc(N)nc(-n2ccnc2)n1. The minimum Gasteiger partial charge on any atom is -0.377 e. The summed E-state index contributed by atoms with van der Waals surface area (Å²) >= 11 is 0. The molecule has 0 bridgehead atoms. The lowest BCUT2D eigenvalue weighted by Gasteiger charge is -2.33. The molecule has 2 aromatic rings. The minimum absolute atomic E-state index is 0.201. The van der Waals surface area contributed by atoms with Crippen molar-refractivity contribution in [1.29, 1.82) is 0 Å². The summed E-state index contributed by atoms with van der Waals surface area (Å²) in [7, 11) is 0. The smallest absolute Gasteiger partial charge is 0.241 e. The van der Waals surface area contributed by atoms with E-state index in [1.54, 1.807) is 23.3 Å². The van der Waals surface area contributed by atoms with Gasteiger partial charge in [-0.25, -0.2) is 4.98 Å². The Kier molecular flexibility index (Phi) is 3.00. The minimum atomic E-state index is 0.201. The van der Waals surface area contributed by atoms with Crippen molar-refractivity contribution in [2.24, 2.45) is 0 Å². The Bertz CT molecular complexity index is 556. The summed E-state index contributed by atoms with van der Waals surface area (Å²) in [6.45, 7) is 4.13. The Morgan fingerprint density at radius 1 is 1.32 bits per heavy atom. The topological polar surface area (TPSA) is 95.0 Å². The molecule has 1 fully saturated rings. The van der Waals surface area contributed by atoms with Crippen molar-refractivity contribution in [3.05, 3.63) is 18.7 Å². The van der Waals surface area contributed by atoms with Gasteiger partial charge in [0.15, 0.2) is 0 Å². The van der Waals surface area contributed by atoms with Crippen LogP contribution in [0.1, 0.15) is 6.92 Å². The average molecular weight is 261 g/mol. The number of aromatic nitrogens is 5.